The van der Waals surface area contributed by atoms with E-state index in [2.05, 4.69) is 10.3 Å². The Morgan fingerprint density at radius 3 is 2.52 bits per heavy atom. The topological polar surface area (TPSA) is 121 Å². The number of hydrogen-bond donors (Lipinski definition) is 3. The summed E-state index contributed by atoms with van der Waals surface area (Å²) in [5.74, 6) is -2.25. The molecule has 0 aliphatic heterocycles. The lowest BCUT2D eigenvalue weighted by molar-refractivity contribution is -0.143. The molecule has 0 spiro atoms. The van der Waals surface area contributed by atoms with Crippen molar-refractivity contribution in [2.24, 2.45) is 13.0 Å². The summed E-state index contributed by atoms with van der Waals surface area (Å²) in [7, 11) is 1.27. The van der Waals surface area contributed by atoms with Crippen LogP contribution in [0, 0.1) is 5.92 Å². The van der Waals surface area contributed by atoms with Gasteiger partial charge in [-0.15, -0.1) is 0 Å². The summed E-state index contributed by atoms with van der Waals surface area (Å²) in [5.41, 5.74) is -1.51. The highest BCUT2D eigenvalue weighted by Crippen LogP contribution is 2.23. The second-order valence-corrected chi connectivity index (χ2v) is 5.89. The summed E-state index contributed by atoms with van der Waals surface area (Å²) >= 11 is 0. The van der Waals surface area contributed by atoms with Gasteiger partial charge in [-0.05, 0) is 12.8 Å². The predicted molar refractivity (Wildman–Crippen MR) is 82.4 cm³/mol. The molecule has 1 saturated carbocycles. The van der Waals surface area contributed by atoms with Crippen LogP contribution in [-0.2, 0) is 11.8 Å². The van der Waals surface area contributed by atoms with Gasteiger partial charge in [0.2, 0.25) is 0 Å². The number of rotatable bonds is 3. The quantitative estimate of drug-likeness (QED) is 0.735. The van der Waals surface area contributed by atoms with Gasteiger partial charge < -0.3 is 15.4 Å². The standard InChI is InChI=1S/C15H21N3O5/c1-18-13(20)10(8-16-15(18)23)12(19)17-11-7-5-3-2-4-6-9(11)14(21)22/h8-9,11H,2-7H2,1H3,(H,16,23)(H,17,19)(H,21,22). The zero-order valence-electron chi connectivity index (χ0n) is 13.0. The number of aromatic amines is 1. The first-order valence-corrected chi connectivity index (χ1v) is 7.74. The molecule has 3 N–H and O–H groups in total. The normalized spacial score (nSPS) is 22.0. The monoisotopic (exact) mass is 323 g/mol. The molecule has 1 aromatic heterocycles. The van der Waals surface area contributed by atoms with Gasteiger partial charge in [-0.1, -0.05) is 25.7 Å². The molecule has 2 atom stereocenters. The maximum absolute atomic E-state index is 12.3. The van der Waals surface area contributed by atoms with Crippen LogP contribution >= 0.6 is 0 Å². The van der Waals surface area contributed by atoms with Crippen molar-refractivity contribution >= 4 is 11.9 Å². The predicted octanol–water partition coefficient (Wildman–Crippen LogP) is 0.227. The molecule has 1 heterocycles. The van der Waals surface area contributed by atoms with Gasteiger partial charge in [0.1, 0.15) is 5.56 Å². The van der Waals surface area contributed by atoms with E-state index in [0.717, 1.165) is 36.4 Å². The van der Waals surface area contributed by atoms with Crippen LogP contribution in [-0.4, -0.2) is 32.6 Å². The van der Waals surface area contributed by atoms with Crippen molar-refractivity contribution in [2.75, 3.05) is 0 Å². The van der Waals surface area contributed by atoms with Gasteiger partial charge in [0.15, 0.2) is 0 Å². The number of aromatic nitrogens is 2. The van der Waals surface area contributed by atoms with E-state index in [4.69, 9.17) is 0 Å². The third-order valence-electron chi connectivity index (χ3n) is 4.32. The fourth-order valence-corrected chi connectivity index (χ4v) is 2.93. The third-order valence-corrected chi connectivity index (χ3v) is 4.32. The lowest BCUT2D eigenvalue weighted by Crippen LogP contribution is -2.46. The Kier molecular flexibility index (Phi) is 5.36. The van der Waals surface area contributed by atoms with Crippen LogP contribution in [0.4, 0.5) is 0 Å². The second kappa shape index (κ2) is 7.26. The number of carboxylic acid groups (broad SMARTS) is 1. The molecular formula is C15H21N3O5. The fourth-order valence-electron chi connectivity index (χ4n) is 2.93. The SMILES string of the molecule is Cn1c(=O)[nH]cc(C(=O)NC2CCCCCCC2C(=O)O)c1=O. The van der Waals surface area contributed by atoms with E-state index in [-0.39, 0.29) is 5.56 Å². The summed E-state index contributed by atoms with van der Waals surface area (Å²) in [6.07, 6.45) is 5.77. The molecule has 126 valence electrons. The Hall–Kier alpha value is -2.38. The van der Waals surface area contributed by atoms with Crippen molar-refractivity contribution in [2.45, 2.75) is 44.6 Å². The van der Waals surface area contributed by atoms with Crippen molar-refractivity contribution in [1.82, 2.24) is 14.9 Å². The van der Waals surface area contributed by atoms with E-state index in [1.807, 2.05) is 0 Å². The minimum atomic E-state index is -0.938. The first kappa shape index (κ1) is 17.0. The summed E-state index contributed by atoms with van der Waals surface area (Å²) in [6.45, 7) is 0. The number of nitrogens with zero attached hydrogens (tertiary/aromatic N) is 1. The molecular weight excluding hydrogens is 302 g/mol. The molecule has 0 saturated heterocycles. The Balaban J connectivity index is 2.22. The lowest BCUT2D eigenvalue weighted by atomic mass is 9.86. The number of aliphatic carboxylic acids is 1. The van der Waals surface area contributed by atoms with Crippen molar-refractivity contribution in [1.29, 1.82) is 0 Å². The molecule has 0 radical (unpaired) electrons. The van der Waals surface area contributed by atoms with E-state index in [1.165, 1.54) is 7.05 Å². The molecule has 1 amide bonds. The number of carbonyl (C=O) groups excluding carboxylic acids is 1. The van der Waals surface area contributed by atoms with E-state index in [1.54, 1.807) is 0 Å². The number of nitrogens with one attached hydrogen (secondary N) is 2. The first-order chi connectivity index (χ1) is 10.9. The zero-order chi connectivity index (χ0) is 17.0. The van der Waals surface area contributed by atoms with E-state index in [0.29, 0.717) is 12.8 Å². The lowest BCUT2D eigenvalue weighted by Gasteiger charge is -2.27. The first-order valence-electron chi connectivity index (χ1n) is 7.74. The van der Waals surface area contributed by atoms with Crippen LogP contribution in [0.25, 0.3) is 0 Å². The third kappa shape index (κ3) is 3.88. The van der Waals surface area contributed by atoms with E-state index < -0.39 is 35.1 Å². The van der Waals surface area contributed by atoms with Gasteiger partial charge in [-0.2, -0.15) is 0 Å². The van der Waals surface area contributed by atoms with Crippen LogP contribution in [0.1, 0.15) is 48.9 Å². The number of carbonyl (C=O) groups is 2. The van der Waals surface area contributed by atoms with Crippen LogP contribution in [0.3, 0.4) is 0 Å². The maximum atomic E-state index is 12.3. The molecule has 0 bridgehead atoms. The van der Waals surface area contributed by atoms with E-state index >= 15 is 0 Å². The number of amides is 1. The van der Waals surface area contributed by atoms with Crippen LogP contribution in [0.5, 0.6) is 0 Å². The molecule has 8 heteroatoms. The molecule has 1 aromatic rings. The van der Waals surface area contributed by atoms with Gasteiger partial charge in [0, 0.05) is 19.3 Å². The van der Waals surface area contributed by atoms with Gasteiger partial charge in [-0.25, -0.2) is 4.79 Å². The minimum absolute atomic E-state index is 0.196. The van der Waals surface area contributed by atoms with E-state index in [9.17, 15) is 24.3 Å². The average Bonchev–Trinajstić information content (AvgIpc) is 2.47. The fraction of sp³-hybridized carbons (Fsp3) is 0.600. The molecule has 23 heavy (non-hydrogen) atoms. The number of carboxylic acids is 1. The Labute approximate surface area is 132 Å². The molecule has 8 nitrogen and oxygen atoms in total. The summed E-state index contributed by atoms with van der Waals surface area (Å²) in [6, 6.07) is -0.517. The second-order valence-electron chi connectivity index (χ2n) is 5.89. The number of hydrogen-bond acceptors (Lipinski definition) is 4. The Bertz CT molecular complexity index is 706. The van der Waals surface area contributed by atoms with Gasteiger partial charge in [-0.3, -0.25) is 19.0 Å². The smallest absolute Gasteiger partial charge is 0.328 e. The highest BCUT2D eigenvalue weighted by atomic mass is 16.4. The molecule has 0 aromatic carbocycles. The Morgan fingerprint density at radius 1 is 1.22 bits per heavy atom. The summed E-state index contributed by atoms with van der Waals surface area (Å²) < 4.78 is 0.807. The highest BCUT2D eigenvalue weighted by molar-refractivity contribution is 5.94. The molecule has 1 aliphatic rings. The number of H-pyrrole nitrogens is 1. The molecule has 1 aliphatic carbocycles. The van der Waals surface area contributed by atoms with Crippen LogP contribution in [0.15, 0.2) is 15.8 Å². The Morgan fingerprint density at radius 2 is 1.87 bits per heavy atom. The highest BCUT2D eigenvalue weighted by Gasteiger charge is 2.30. The van der Waals surface area contributed by atoms with Crippen molar-refractivity contribution in [3.05, 3.63) is 32.6 Å². The average molecular weight is 323 g/mol. The summed E-state index contributed by atoms with van der Waals surface area (Å²) in [5, 5.41) is 12.0. The van der Waals surface area contributed by atoms with Gasteiger partial charge in [0.25, 0.3) is 11.5 Å². The van der Waals surface area contributed by atoms with Crippen molar-refractivity contribution in [3.8, 4) is 0 Å². The zero-order valence-corrected chi connectivity index (χ0v) is 13.0. The molecule has 2 rings (SSSR count). The molecule has 1 fully saturated rings. The van der Waals surface area contributed by atoms with Gasteiger partial charge in [0.05, 0.1) is 5.92 Å². The van der Waals surface area contributed by atoms with Crippen molar-refractivity contribution in [3.63, 3.8) is 0 Å². The van der Waals surface area contributed by atoms with Gasteiger partial charge >= 0.3 is 11.7 Å². The summed E-state index contributed by atoms with van der Waals surface area (Å²) in [4.78, 5) is 49.4. The minimum Gasteiger partial charge on any atom is -0.481 e. The largest absolute Gasteiger partial charge is 0.481 e. The van der Waals surface area contributed by atoms with Crippen LogP contribution < -0.4 is 16.6 Å². The van der Waals surface area contributed by atoms with Crippen LogP contribution in [0.2, 0.25) is 0 Å². The van der Waals surface area contributed by atoms with Crippen molar-refractivity contribution < 1.29 is 14.7 Å². The maximum Gasteiger partial charge on any atom is 0.328 e. The molecule has 2 unspecified atom stereocenters.